The van der Waals surface area contributed by atoms with Crippen molar-refractivity contribution in [2.75, 3.05) is 19.4 Å². The lowest BCUT2D eigenvalue weighted by atomic mass is 10.1. The van der Waals surface area contributed by atoms with Gasteiger partial charge in [-0.15, -0.1) is 11.8 Å². The summed E-state index contributed by atoms with van der Waals surface area (Å²) in [6, 6.07) is 21.8. The van der Waals surface area contributed by atoms with E-state index in [4.69, 9.17) is 4.74 Å². The van der Waals surface area contributed by atoms with Crippen LogP contribution in [0.4, 0.5) is 4.39 Å². The zero-order chi connectivity index (χ0) is 20.9. The molecule has 6 heteroatoms. The molecule has 1 heterocycles. The Labute approximate surface area is 178 Å². The summed E-state index contributed by atoms with van der Waals surface area (Å²) in [5.41, 5.74) is 3.50. The van der Waals surface area contributed by atoms with E-state index in [9.17, 15) is 9.18 Å². The van der Waals surface area contributed by atoms with Crippen LogP contribution in [0.25, 0.3) is 22.2 Å². The van der Waals surface area contributed by atoms with Crippen molar-refractivity contribution in [3.8, 4) is 17.0 Å². The van der Waals surface area contributed by atoms with Gasteiger partial charge in [0.25, 0.3) is 5.91 Å². The number of fused-ring (bicyclic) bond motifs is 1. The minimum Gasteiger partial charge on any atom is -0.497 e. The first kappa shape index (κ1) is 20.0. The minimum absolute atomic E-state index is 0.274. The van der Waals surface area contributed by atoms with E-state index in [1.807, 2.05) is 36.4 Å². The molecule has 1 amide bonds. The second-order valence-corrected chi connectivity index (χ2v) is 7.82. The summed E-state index contributed by atoms with van der Waals surface area (Å²) in [5, 5.41) is 4.00. The van der Waals surface area contributed by atoms with Crippen LogP contribution >= 0.6 is 11.8 Å². The van der Waals surface area contributed by atoms with E-state index in [0.717, 1.165) is 32.8 Å². The normalized spacial score (nSPS) is 10.9. The predicted octanol–water partition coefficient (Wildman–Crippen LogP) is 5.50. The zero-order valence-corrected chi connectivity index (χ0v) is 17.3. The third kappa shape index (κ3) is 4.33. The molecule has 0 aliphatic carbocycles. The number of thioether (sulfide) groups is 1. The van der Waals surface area contributed by atoms with Crippen molar-refractivity contribution in [2.45, 2.75) is 4.90 Å². The highest BCUT2D eigenvalue weighted by atomic mass is 32.2. The third-order valence-corrected chi connectivity index (χ3v) is 5.88. The standard InChI is InChI=1S/C24H21FN2O2S/c1-29-19-11-9-16(10-12-19)22-23(20-7-2-3-8-21(20)27-22)30-14-13-26-24(28)17-5-4-6-18(25)15-17/h2-12,15,27H,13-14H2,1H3,(H,26,28). The molecule has 0 bridgehead atoms. The summed E-state index contributed by atoms with van der Waals surface area (Å²) in [7, 11) is 1.65. The molecular formula is C24H21FN2O2S. The maximum Gasteiger partial charge on any atom is 0.251 e. The number of benzene rings is 3. The van der Waals surface area contributed by atoms with Crippen LogP contribution in [-0.4, -0.2) is 30.3 Å². The van der Waals surface area contributed by atoms with Gasteiger partial charge in [-0.25, -0.2) is 4.39 Å². The van der Waals surface area contributed by atoms with Crippen molar-refractivity contribution >= 4 is 28.6 Å². The van der Waals surface area contributed by atoms with Gasteiger partial charge in [0.2, 0.25) is 0 Å². The number of para-hydroxylation sites is 1. The number of H-pyrrole nitrogens is 1. The lowest BCUT2D eigenvalue weighted by Gasteiger charge is -2.08. The maximum absolute atomic E-state index is 13.3. The van der Waals surface area contributed by atoms with Crippen LogP contribution in [0.2, 0.25) is 0 Å². The molecule has 0 atom stereocenters. The van der Waals surface area contributed by atoms with Crippen molar-refractivity contribution < 1.29 is 13.9 Å². The van der Waals surface area contributed by atoms with Crippen LogP contribution in [0.1, 0.15) is 10.4 Å². The van der Waals surface area contributed by atoms with E-state index in [-0.39, 0.29) is 5.91 Å². The molecule has 0 saturated heterocycles. The number of hydrogen-bond acceptors (Lipinski definition) is 3. The number of carbonyl (C=O) groups is 1. The number of aromatic amines is 1. The molecule has 0 fully saturated rings. The molecule has 152 valence electrons. The molecule has 0 unspecified atom stereocenters. The van der Waals surface area contributed by atoms with Gasteiger partial charge in [0.1, 0.15) is 11.6 Å². The van der Waals surface area contributed by atoms with Gasteiger partial charge in [-0.05, 0) is 54.1 Å². The monoisotopic (exact) mass is 420 g/mol. The molecule has 2 N–H and O–H groups in total. The van der Waals surface area contributed by atoms with E-state index in [2.05, 4.69) is 22.4 Å². The number of hydrogen-bond donors (Lipinski definition) is 2. The van der Waals surface area contributed by atoms with Gasteiger partial charge < -0.3 is 15.0 Å². The van der Waals surface area contributed by atoms with Gasteiger partial charge in [-0.3, -0.25) is 4.79 Å². The highest BCUT2D eigenvalue weighted by Gasteiger charge is 2.14. The predicted molar refractivity (Wildman–Crippen MR) is 120 cm³/mol. The average Bonchev–Trinajstić information content (AvgIpc) is 3.15. The van der Waals surface area contributed by atoms with Crippen molar-refractivity contribution in [1.82, 2.24) is 10.3 Å². The second kappa shape index (κ2) is 9.05. The van der Waals surface area contributed by atoms with Gasteiger partial charge in [0, 0.05) is 33.7 Å². The van der Waals surface area contributed by atoms with Gasteiger partial charge in [-0.2, -0.15) is 0 Å². The summed E-state index contributed by atoms with van der Waals surface area (Å²) in [6.07, 6.45) is 0. The molecule has 0 aliphatic heterocycles. The van der Waals surface area contributed by atoms with E-state index in [0.29, 0.717) is 17.9 Å². The van der Waals surface area contributed by atoms with Crippen molar-refractivity contribution in [1.29, 1.82) is 0 Å². The first-order valence-corrected chi connectivity index (χ1v) is 10.6. The van der Waals surface area contributed by atoms with Crippen molar-refractivity contribution in [3.05, 3.63) is 84.2 Å². The molecular weight excluding hydrogens is 399 g/mol. The summed E-state index contributed by atoms with van der Waals surface area (Å²) in [5.74, 6) is 0.806. The number of rotatable bonds is 7. The summed E-state index contributed by atoms with van der Waals surface area (Å²) in [4.78, 5) is 16.9. The first-order chi connectivity index (χ1) is 14.7. The van der Waals surface area contributed by atoms with Crippen LogP contribution in [0.15, 0.2) is 77.7 Å². The Balaban J connectivity index is 1.49. The number of carbonyl (C=O) groups excluding carboxylic acids is 1. The Morgan fingerprint density at radius 1 is 1.07 bits per heavy atom. The highest BCUT2D eigenvalue weighted by molar-refractivity contribution is 7.99. The Kier molecular flexibility index (Phi) is 6.05. The topological polar surface area (TPSA) is 54.1 Å². The van der Waals surface area contributed by atoms with Crippen molar-refractivity contribution in [3.63, 3.8) is 0 Å². The quantitative estimate of drug-likeness (QED) is 0.306. The molecule has 4 nitrogen and oxygen atoms in total. The molecule has 30 heavy (non-hydrogen) atoms. The third-order valence-electron chi connectivity index (χ3n) is 4.76. The number of amides is 1. The Morgan fingerprint density at radius 2 is 1.87 bits per heavy atom. The fourth-order valence-corrected chi connectivity index (χ4v) is 4.33. The minimum atomic E-state index is -0.417. The van der Waals surface area contributed by atoms with Gasteiger partial charge >= 0.3 is 0 Å². The molecule has 1 aromatic heterocycles. The number of ether oxygens (including phenoxy) is 1. The maximum atomic E-state index is 13.3. The molecule has 0 saturated carbocycles. The average molecular weight is 421 g/mol. The lowest BCUT2D eigenvalue weighted by Crippen LogP contribution is -2.25. The number of halogens is 1. The van der Waals surface area contributed by atoms with Crippen LogP contribution < -0.4 is 10.1 Å². The molecule has 4 rings (SSSR count). The molecule has 3 aromatic carbocycles. The Hall–Kier alpha value is -3.25. The highest BCUT2D eigenvalue weighted by Crippen LogP contribution is 2.38. The number of nitrogens with one attached hydrogen (secondary N) is 2. The molecule has 4 aromatic rings. The number of methoxy groups -OCH3 is 1. The summed E-state index contributed by atoms with van der Waals surface area (Å²) < 4.78 is 18.6. The first-order valence-electron chi connectivity index (χ1n) is 9.57. The van der Waals surface area contributed by atoms with E-state index in [1.165, 1.54) is 18.2 Å². The van der Waals surface area contributed by atoms with Crippen LogP contribution in [0.5, 0.6) is 5.75 Å². The van der Waals surface area contributed by atoms with E-state index in [1.54, 1.807) is 24.9 Å². The van der Waals surface area contributed by atoms with Gasteiger partial charge in [0.15, 0.2) is 0 Å². The summed E-state index contributed by atoms with van der Waals surface area (Å²) in [6.45, 7) is 0.474. The fraction of sp³-hybridized carbons (Fsp3) is 0.125. The van der Waals surface area contributed by atoms with Crippen molar-refractivity contribution in [2.24, 2.45) is 0 Å². The Bertz CT molecular complexity index is 1170. The fourth-order valence-electron chi connectivity index (χ4n) is 3.28. The van der Waals surface area contributed by atoms with Gasteiger partial charge in [0.05, 0.1) is 12.8 Å². The number of aromatic nitrogens is 1. The second-order valence-electron chi connectivity index (χ2n) is 6.72. The lowest BCUT2D eigenvalue weighted by molar-refractivity contribution is 0.0955. The molecule has 0 radical (unpaired) electrons. The van der Waals surface area contributed by atoms with E-state index < -0.39 is 5.82 Å². The molecule has 0 aliphatic rings. The van der Waals surface area contributed by atoms with Crippen LogP contribution in [0, 0.1) is 5.82 Å². The Morgan fingerprint density at radius 3 is 2.63 bits per heavy atom. The largest absolute Gasteiger partial charge is 0.497 e. The van der Waals surface area contributed by atoms with E-state index >= 15 is 0 Å². The summed E-state index contributed by atoms with van der Waals surface area (Å²) >= 11 is 1.68. The smallest absolute Gasteiger partial charge is 0.251 e. The molecule has 0 spiro atoms. The van der Waals surface area contributed by atoms with Gasteiger partial charge in [-0.1, -0.05) is 24.3 Å². The van der Waals surface area contributed by atoms with Crippen LogP contribution in [0.3, 0.4) is 0 Å². The van der Waals surface area contributed by atoms with Crippen LogP contribution in [-0.2, 0) is 0 Å². The zero-order valence-electron chi connectivity index (χ0n) is 16.4. The SMILES string of the molecule is COc1ccc(-c2[nH]c3ccccc3c2SCCNC(=O)c2cccc(F)c2)cc1.